The van der Waals surface area contributed by atoms with Crippen LogP contribution in [0.5, 0.6) is 0 Å². The van der Waals surface area contributed by atoms with Crippen molar-refractivity contribution >= 4 is 54.0 Å². The summed E-state index contributed by atoms with van der Waals surface area (Å²) in [6, 6.07) is 93.9. The van der Waals surface area contributed by atoms with Gasteiger partial charge in [0.2, 0.25) is 0 Å². The minimum atomic E-state index is 0. The number of rotatable bonds is 4. The van der Waals surface area contributed by atoms with Crippen LogP contribution >= 0.6 is 0 Å². The number of benzene rings is 8. The molecular weight excluding hydrogens is 1080 g/mol. The Morgan fingerprint density at radius 1 is 0.257 bits per heavy atom. The molecule has 70 heavy (non-hydrogen) atoms. The maximum atomic E-state index is 2.31. The van der Waals surface area contributed by atoms with Crippen molar-refractivity contribution in [3.8, 4) is 44.5 Å². The Bertz CT molecular complexity index is 2960. The molecule has 0 spiro atoms. The molecule has 12 aromatic carbocycles. The summed E-state index contributed by atoms with van der Waals surface area (Å²) < 4.78 is 0. The second-order valence-electron chi connectivity index (χ2n) is 16.9. The summed E-state index contributed by atoms with van der Waals surface area (Å²) >= 11 is 3.48. The van der Waals surface area contributed by atoms with Crippen LogP contribution in [0.1, 0.15) is 0 Å². The molecule has 0 aliphatic heterocycles. The van der Waals surface area contributed by atoms with Crippen LogP contribution in [0.4, 0.5) is 0 Å². The Kier molecular flexibility index (Phi) is 23.4. The Labute approximate surface area is 458 Å². The van der Waals surface area contributed by atoms with Crippen LogP contribution < -0.4 is 24.8 Å². The van der Waals surface area contributed by atoms with Gasteiger partial charge in [0.1, 0.15) is 0 Å². The number of hydrogen-bond acceptors (Lipinski definition) is 0. The molecule has 0 aromatic heterocycles. The first-order chi connectivity index (χ1) is 33.2. The third-order valence-corrected chi connectivity index (χ3v) is 11.0. The van der Waals surface area contributed by atoms with E-state index in [1.165, 1.54) is 87.6 Å². The predicted octanol–water partition coefficient (Wildman–Crippen LogP) is 12.5. The molecule has 12 rings (SSSR count). The van der Waals surface area contributed by atoms with E-state index in [1.807, 2.05) is 24.3 Å². The van der Waals surface area contributed by atoms with Gasteiger partial charge >= 0.3 is 83.7 Å². The Morgan fingerprint density at radius 3 is 0.629 bits per heavy atom. The zero-order valence-corrected chi connectivity index (χ0v) is 48.6. The summed E-state index contributed by atoms with van der Waals surface area (Å²) in [6.07, 6.45) is 0. The zero-order valence-electron chi connectivity index (χ0n) is 40.2. The van der Waals surface area contributed by atoms with E-state index < -0.39 is 0 Å². The Hall–Kier alpha value is -5.02. The van der Waals surface area contributed by atoms with Crippen LogP contribution in [0, 0.1) is 0 Å². The molecule has 344 valence electrons. The monoisotopic (exact) mass is 1130 g/mol. The topological polar surface area (TPSA) is 0 Å². The molecule has 6 heteroatoms. The summed E-state index contributed by atoms with van der Waals surface area (Å²) in [6.45, 7) is 9.23. The van der Waals surface area contributed by atoms with Crippen molar-refractivity contribution in [3.05, 3.63) is 267 Å². The molecule has 0 fully saturated rings. The van der Waals surface area contributed by atoms with Crippen LogP contribution in [0.25, 0.3) is 87.6 Å². The molecule has 0 radical (unpaired) electrons. The number of hydrogen-bond donors (Lipinski definition) is 0. The van der Waals surface area contributed by atoms with Gasteiger partial charge in [-0.2, -0.15) is 48.5 Å². The molecule has 0 bridgehead atoms. The summed E-state index contributed by atoms with van der Waals surface area (Å²) in [5, 5.41) is 10.5. The molecule has 0 saturated heterocycles. The maximum Gasteiger partial charge on any atom is -0.0277 e. The minimum absolute atomic E-state index is 0. The summed E-state index contributed by atoms with van der Waals surface area (Å²) in [7, 11) is 0. The third-order valence-electron chi connectivity index (χ3n) is 11.0. The molecule has 12 aromatic rings. The first kappa shape index (κ1) is 55.9. The molecule has 0 N–H and O–H groups in total. The van der Waals surface area contributed by atoms with Crippen molar-refractivity contribution in [3.63, 3.8) is 0 Å². The largest absolute Gasteiger partial charge is 1.00 e. The van der Waals surface area contributed by atoms with E-state index in [-0.39, 0.29) is 35.7 Å². The van der Waals surface area contributed by atoms with Gasteiger partial charge in [-0.05, 0) is 22.3 Å². The van der Waals surface area contributed by atoms with Gasteiger partial charge < -0.3 is 24.8 Å². The molecule has 0 nitrogen and oxygen atoms in total. The molecule has 0 saturated carbocycles. The van der Waals surface area contributed by atoms with Gasteiger partial charge in [-0.3, -0.25) is 0 Å². The van der Waals surface area contributed by atoms with Crippen molar-refractivity contribution in [2.24, 2.45) is 0 Å². The van der Waals surface area contributed by atoms with E-state index in [4.69, 9.17) is 0 Å². The molecule has 0 aliphatic carbocycles. The van der Waals surface area contributed by atoms with E-state index in [2.05, 4.69) is 269 Å². The Morgan fingerprint density at radius 2 is 0.443 bits per heavy atom. The van der Waals surface area contributed by atoms with E-state index in [1.54, 1.807) is 46.7 Å². The smallest absolute Gasteiger partial charge is 0.0277 e. The molecule has 0 heterocycles. The van der Waals surface area contributed by atoms with E-state index in [0.29, 0.717) is 0 Å². The number of halogens is 2. The van der Waals surface area contributed by atoms with Gasteiger partial charge in [-0.25, -0.2) is 0 Å². The third kappa shape index (κ3) is 17.1. The maximum absolute atomic E-state index is 2.31. The van der Waals surface area contributed by atoms with Crippen LogP contribution in [0.3, 0.4) is 0 Å². The first-order valence-electron chi connectivity index (χ1n) is 23.1. The van der Waals surface area contributed by atoms with Crippen LogP contribution in [0.2, 0.25) is 26.2 Å². The Balaban J connectivity index is 0.000000164. The van der Waals surface area contributed by atoms with Gasteiger partial charge in [-0.1, -0.05) is 168 Å². The fraction of sp³-hybridized carbons (Fsp3) is 0.0625. The van der Waals surface area contributed by atoms with Crippen LogP contribution in [0.15, 0.2) is 267 Å². The van der Waals surface area contributed by atoms with Gasteiger partial charge in [0, 0.05) is 0 Å². The molecular formula is C64H56Cl2Si2Zr2-2. The minimum Gasteiger partial charge on any atom is -1.00 e. The second kappa shape index (κ2) is 29.4. The standard InChI is InChI=1S/4C15H11.2C2H6Si.2ClH.2Zr/c4*1-2-5-12(6-3-1)15-10-9-13-7-4-8-14(13)11-15;2*1-3-2;;;;/h4*1-11H;2*1-2H3;2*1H;;/q4*-1;;;;;2*+2/p-2. The van der Waals surface area contributed by atoms with Gasteiger partial charge in [0.25, 0.3) is 0 Å². The van der Waals surface area contributed by atoms with Crippen LogP contribution in [-0.4, -0.2) is 10.9 Å². The van der Waals surface area contributed by atoms with Crippen molar-refractivity contribution in [2.45, 2.75) is 26.2 Å². The van der Waals surface area contributed by atoms with Crippen molar-refractivity contribution < 1.29 is 71.5 Å². The first-order valence-corrected chi connectivity index (χ1v) is 35.4. The second-order valence-corrected chi connectivity index (χ2v) is 35.7. The van der Waals surface area contributed by atoms with Crippen molar-refractivity contribution in [2.75, 3.05) is 0 Å². The average molecular weight is 1130 g/mol. The summed E-state index contributed by atoms with van der Waals surface area (Å²) in [5.74, 6) is 0. The van der Waals surface area contributed by atoms with Crippen molar-refractivity contribution in [1.29, 1.82) is 0 Å². The summed E-state index contributed by atoms with van der Waals surface area (Å²) in [5.41, 5.74) is 10.7. The molecule has 0 unspecified atom stereocenters. The fourth-order valence-electron chi connectivity index (χ4n) is 7.75. The van der Waals surface area contributed by atoms with E-state index in [9.17, 15) is 0 Å². The predicted molar refractivity (Wildman–Crippen MR) is 295 cm³/mol. The van der Waals surface area contributed by atoms with E-state index >= 15 is 0 Å². The SMILES string of the molecule is C[Si](C)=[Zr+2].C[Si](C)=[Zr+2].[Cl-].[Cl-].c1ccc(-c2ccc3cc[cH-]c3c2)cc1.c1ccc(-c2ccc3cc[cH-]c3c2)cc1.c1ccc(-c2ccc3cc[cH-]c3c2)cc1.c1ccc(-c2ccc3cc[cH-]c3c2)cc1. The fourth-order valence-corrected chi connectivity index (χ4v) is 7.75. The number of fused-ring (bicyclic) bond motifs is 4. The van der Waals surface area contributed by atoms with Gasteiger partial charge in [0.05, 0.1) is 0 Å². The van der Waals surface area contributed by atoms with Gasteiger partial charge in [0.15, 0.2) is 0 Å². The zero-order chi connectivity index (χ0) is 47.5. The van der Waals surface area contributed by atoms with Crippen molar-refractivity contribution in [1.82, 2.24) is 0 Å². The van der Waals surface area contributed by atoms with Gasteiger partial charge in [-0.15, -0.1) is 116 Å². The average Bonchev–Trinajstić information content (AvgIpc) is 4.23. The molecule has 0 atom stereocenters. The van der Waals surface area contributed by atoms with Crippen LogP contribution in [-0.2, 0) is 46.7 Å². The summed E-state index contributed by atoms with van der Waals surface area (Å²) in [4.78, 5) is 0. The molecule has 0 aliphatic rings. The quantitative estimate of drug-likeness (QED) is 0.122. The molecule has 0 amide bonds. The van der Waals surface area contributed by atoms with E-state index in [0.717, 1.165) is 0 Å². The normalized spacial score (nSPS) is 9.94.